The van der Waals surface area contributed by atoms with Crippen LogP contribution in [0.5, 0.6) is 0 Å². The third kappa shape index (κ3) is 5.83. The Balaban J connectivity index is 2.39. The lowest BCUT2D eigenvalue weighted by Crippen LogP contribution is -2.35. The minimum absolute atomic E-state index is 0.0172. The van der Waals surface area contributed by atoms with Crippen molar-refractivity contribution in [3.05, 3.63) is 11.7 Å². The van der Waals surface area contributed by atoms with Gasteiger partial charge in [-0.25, -0.2) is 0 Å². The molecule has 108 valence electrons. The third-order valence-corrected chi connectivity index (χ3v) is 2.36. The average molecular weight is 269 g/mol. The Labute approximate surface area is 113 Å². The van der Waals surface area contributed by atoms with Crippen LogP contribution in [-0.4, -0.2) is 28.3 Å². The molecule has 6 heteroatoms. The van der Waals surface area contributed by atoms with Gasteiger partial charge in [-0.2, -0.15) is 4.98 Å². The van der Waals surface area contributed by atoms with Crippen LogP contribution in [0.1, 0.15) is 46.3 Å². The number of rotatable bonds is 7. The second-order valence-electron chi connectivity index (χ2n) is 5.25. The zero-order valence-corrected chi connectivity index (χ0v) is 12.3. The van der Waals surface area contributed by atoms with Crippen molar-refractivity contribution in [1.29, 1.82) is 0 Å². The molecule has 1 aromatic rings. The number of hydrogen-bond donors (Lipinski definition) is 1. The van der Waals surface area contributed by atoms with Gasteiger partial charge in [0.2, 0.25) is 11.8 Å². The summed E-state index contributed by atoms with van der Waals surface area (Å²) < 4.78 is 10.5. The maximum absolute atomic E-state index is 11.7. The smallest absolute Gasteiger partial charge is 0.249 e. The number of carbonyl (C=O) groups is 1. The Bertz CT molecular complexity index is 402. The second-order valence-corrected chi connectivity index (χ2v) is 5.25. The molecule has 0 spiro atoms. The molecule has 1 unspecified atom stereocenters. The molecule has 0 bridgehead atoms. The predicted molar refractivity (Wildman–Crippen MR) is 70.4 cm³/mol. The van der Waals surface area contributed by atoms with Crippen molar-refractivity contribution in [3.63, 3.8) is 0 Å². The Morgan fingerprint density at radius 1 is 1.32 bits per heavy atom. The first kappa shape index (κ1) is 15.6. The molecule has 1 heterocycles. The molecule has 0 aromatic carbocycles. The van der Waals surface area contributed by atoms with Gasteiger partial charge in [0.25, 0.3) is 0 Å². The van der Waals surface area contributed by atoms with Crippen molar-refractivity contribution < 1.29 is 14.1 Å². The lowest BCUT2D eigenvalue weighted by atomic mass is 10.1. The van der Waals surface area contributed by atoms with Gasteiger partial charge in [-0.15, -0.1) is 0 Å². The van der Waals surface area contributed by atoms with Crippen molar-refractivity contribution in [3.8, 4) is 0 Å². The zero-order valence-electron chi connectivity index (χ0n) is 12.3. The van der Waals surface area contributed by atoms with E-state index in [0.29, 0.717) is 17.6 Å². The van der Waals surface area contributed by atoms with Gasteiger partial charge < -0.3 is 14.6 Å². The Morgan fingerprint density at radius 3 is 2.58 bits per heavy atom. The Hall–Kier alpha value is -1.43. The molecule has 1 rings (SSSR count). The van der Waals surface area contributed by atoms with Crippen molar-refractivity contribution >= 4 is 5.91 Å². The fourth-order valence-corrected chi connectivity index (χ4v) is 1.57. The van der Waals surface area contributed by atoms with Crippen LogP contribution in [0.15, 0.2) is 4.52 Å². The second kappa shape index (κ2) is 7.23. The maximum Gasteiger partial charge on any atom is 0.249 e. The van der Waals surface area contributed by atoms with E-state index in [-0.39, 0.29) is 18.6 Å². The molecule has 0 aliphatic heterocycles. The normalized spacial score (nSPS) is 13.0. The van der Waals surface area contributed by atoms with Gasteiger partial charge >= 0.3 is 0 Å². The molecule has 0 saturated carbocycles. The first-order chi connectivity index (χ1) is 8.88. The van der Waals surface area contributed by atoms with Crippen molar-refractivity contribution in [2.24, 2.45) is 5.92 Å². The van der Waals surface area contributed by atoms with E-state index >= 15 is 0 Å². The topological polar surface area (TPSA) is 77.2 Å². The fraction of sp³-hybridized carbons (Fsp3) is 0.769. The van der Waals surface area contributed by atoms with E-state index in [1.54, 1.807) is 6.92 Å². The summed E-state index contributed by atoms with van der Waals surface area (Å²) in [5, 5.41) is 6.54. The van der Waals surface area contributed by atoms with Crippen LogP contribution in [-0.2, 0) is 22.5 Å². The van der Waals surface area contributed by atoms with Crippen LogP contribution >= 0.6 is 0 Å². The molecule has 0 fully saturated rings. The standard InChI is InChI=1S/C13H23N3O3/c1-8(2)6-12-15-11(16-19-12)7-14-13(17)10(5)18-9(3)4/h8-10H,6-7H2,1-5H3,(H,14,17). The maximum atomic E-state index is 11.7. The molecule has 0 radical (unpaired) electrons. The molecule has 1 atom stereocenters. The number of amides is 1. The van der Waals surface area contributed by atoms with Crippen LogP contribution in [0, 0.1) is 5.92 Å². The molecule has 0 aliphatic rings. The highest BCUT2D eigenvalue weighted by Crippen LogP contribution is 2.05. The summed E-state index contributed by atoms with van der Waals surface area (Å²) in [6.07, 6.45) is 0.277. The van der Waals surface area contributed by atoms with Gasteiger partial charge in [0.15, 0.2) is 5.82 Å². The SMILES string of the molecule is CC(C)Cc1nc(CNC(=O)C(C)OC(C)C)no1. The number of nitrogens with one attached hydrogen (secondary N) is 1. The summed E-state index contributed by atoms with van der Waals surface area (Å²) in [4.78, 5) is 15.9. The molecule has 1 aromatic heterocycles. The lowest BCUT2D eigenvalue weighted by Gasteiger charge is -2.14. The van der Waals surface area contributed by atoms with E-state index in [9.17, 15) is 4.79 Å². The summed E-state index contributed by atoms with van der Waals surface area (Å²) in [5.74, 6) is 1.37. The van der Waals surface area contributed by atoms with E-state index in [1.807, 2.05) is 13.8 Å². The summed E-state index contributed by atoms with van der Waals surface area (Å²) in [6.45, 7) is 9.91. The molecular weight excluding hydrogens is 246 g/mol. The van der Waals surface area contributed by atoms with Crippen molar-refractivity contribution in [2.75, 3.05) is 0 Å². The first-order valence-corrected chi connectivity index (χ1v) is 6.63. The number of hydrogen-bond acceptors (Lipinski definition) is 5. The predicted octanol–water partition coefficient (Wildman–Crippen LogP) is 1.70. The van der Waals surface area contributed by atoms with Gasteiger partial charge in [0.05, 0.1) is 12.6 Å². The number of ether oxygens (including phenoxy) is 1. The minimum atomic E-state index is -0.484. The minimum Gasteiger partial charge on any atom is -0.366 e. The Kier molecular flexibility index (Phi) is 5.95. The fourth-order valence-electron chi connectivity index (χ4n) is 1.57. The summed E-state index contributed by atoms with van der Waals surface area (Å²) in [5.41, 5.74) is 0. The largest absolute Gasteiger partial charge is 0.366 e. The van der Waals surface area contributed by atoms with Crippen molar-refractivity contribution in [2.45, 2.75) is 59.8 Å². The van der Waals surface area contributed by atoms with Crippen LogP contribution in [0.25, 0.3) is 0 Å². The van der Waals surface area contributed by atoms with E-state index in [0.717, 1.165) is 6.42 Å². The summed E-state index contributed by atoms with van der Waals surface area (Å²) in [7, 11) is 0. The molecule has 6 nitrogen and oxygen atoms in total. The summed E-state index contributed by atoms with van der Waals surface area (Å²) >= 11 is 0. The molecule has 0 saturated heterocycles. The van der Waals surface area contributed by atoms with Gasteiger partial charge in [-0.05, 0) is 26.7 Å². The monoisotopic (exact) mass is 269 g/mol. The van der Waals surface area contributed by atoms with E-state index in [2.05, 4.69) is 29.3 Å². The van der Waals surface area contributed by atoms with Crippen LogP contribution < -0.4 is 5.32 Å². The highest BCUT2D eigenvalue weighted by Gasteiger charge is 2.15. The lowest BCUT2D eigenvalue weighted by molar-refractivity contribution is -0.134. The van der Waals surface area contributed by atoms with Gasteiger partial charge in [-0.1, -0.05) is 19.0 Å². The van der Waals surface area contributed by atoms with E-state index in [4.69, 9.17) is 9.26 Å². The first-order valence-electron chi connectivity index (χ1n) is 6.63. The van der Waals surface area contributed by atoms with E-state index < -0.39 is 6.10 Å². The Morgan fingerprint density at radius 2 is 2.00 bits per heavy atom. The molecule has 0 aliphatic carbocycles. The van der Waals surface area contributed by atoms with Crippen LogP contribution in [0.2, 0.25) is 0 Å². The number of nitrogens with zero attached hydrogens (tertiary/aromatic N) is 2. The van der Waals surface area contributed by atoms with Crippen LogP contribution in [0.3, 0.4) is 0 Å². The molecule has 1 N–H and O–H groups in total. The molecule has 19 heavy (non-hydrogen) atoms. The van der Waals surface area contributed by atoms with Gasteiger partial charge in [0.1, 0.15) is 6.10 Å². The molecule has 1 amide bonds. The highest BCUT2D eigenvalue weighted by atomic mass is 16.5. The third-order valence-electron chi connectivity index (χ3n) is 2.36. The quantitative estimate of drug-likeness (QED) is 0.815. The van der Waals surface area contributed by atoms with Crippen LogP contribution in [0.4, 0.5) is 0 Å². The zero-order chi connectivity index (χ0) is 14.4. The van der Waals surface area contributed by atoms with E-state index in [1.165, 1.54) is 0 Å². The summed E-state index contributed by atoms with van der Waals surface area (Å²) in [6, 6.07) is 0. The highest BCUT2D eigenvalue weighted by molar-refractivity contribution is 5.80. The van der Waals surface area contributed by atoms with Crippen molar-refractivity contribution in [1.82, 2.24) is 15.5 Å². The number of carbonyl (C=O) groups excluding carboxylic acids is 1. The average Bonchev–Trinajstić information content (AvgIpc) is 2.71. The molecular formula is C13H23N3O3. The number of aromatic nitrogens is 2. The van der Waals surface area contributed by atoms with Gasteiger partial charge in [0, 0.05) is 6.42 Å². The van der Waals surface area contributed by atoms with Gasteiger partial charge in [-0.3, -0.25) is 4.79 Å².